The summed E-state index contributed by atoms with van der Waals surface area (Å²) < 4.78 is 31.0. The van der Waals surface area contributed by atoms with E-state index in [4.69, 9.17) is 25.8 Å². The minimum Gasteiger partial charge on any atom is -0.487 e. The molecule has 3 aromatic carbocycles. The number of thiophene rings is 1. The highest BCUT2D eigenvalue weighted by Crippen LogP contribution is 2.38. The summed E-state index contributed by atoms with van der Waals surface area (Å²) in [5.41, 5.74) is 2.77. The summed E-state index contributed by atoms with van der Waals surface area (Å²) in [7, 11) is 3.45. The number of nitrogens with zero attached hydrogens (tertiary/aromatic N) is 3. The summed E-state index contributed by atoms with van der Waals surface area (Å²) in [5, 5.41) is 5.93. The lowest BCUT2D eigenvalue weighted by molar-refractivity contribution is 0.115. The Balaban J connectivity index is 1.30. The zero-order chi connectivity index (χ0) is 28.6. The van der Waals surface area contributed by atoms with Crippen LogP contribution in [0.15, 0.2) is 67.0 Å². The second-order valence-electron chi connectivity index (χ2n) is 9.60. The van der Waals surface area contributed by atoms with Crippen LogP contribution in [0.4, 0.5) is 15.9 Å². The topological polar surface area (TPSA) is 68.7 Å². The van der Waals surface area contributed by atoms with Gasteiger partial charge in [-0.15, -0.1) is 11.3 Å². The first-order valence-electron chi connectivity index (χ1n) is 13.3. The molecule has 2 heterocycles. The van der Waals surface area contributed by atoms with E-state index in [9.17, 15) is 4.39 Å². The van der Waals surface area contributed by atoms with Crippen molar-refractivity contribution in [2.75, 3.05) is 52.4 Å². The molecule has 10 heteroatoms. The molecule has 0 spiro atoms. The molecule has 5 rings (SSSR count). The summed E-state index contributed by atoms with van der Waals surface area (Å²) >= 11 is 8.18. The van der Waals surface area contributed by atoms with E-state index in [0.717, 1.165) is 52.9 Å². The summed E-state index contributed by atoms with van der Waals surface area (Å²) in [6.45, 7) is 4.29. The van der Waals surface area contributed by atoms with Crippen LogP contribution in [0.2, 0.25) is 5.02 Å². The van der Waals surface area contributed by atoms with Gasteiger partial charge in [-0.2, -0.15) is 0 Å². The van der Waals surface area contributed by atoms with Gasteiger partial charge in [0, 0.05) is 49.6 Å². The molecule has 0 aliphatic heterocycles. The Hall–Kier alpha value is -3.34. The van der Waals surface area contributed by atoms with Gasteiger partial charge in [-0.25, -0.2) is 14.4 Å². The fourth-order valence-corrected chi connectivity index (χ4v) is 5.93. The molecule has 0 radical (unpaired) electrons. The van der Waals surface area contributed by atoms with Gasteiger partial charge in [0.25, 0.3) is 0 Å². The maximum Gasteiger partial charge on any atom is 0.143 e. The molecule has 0 saturated heterocycles. The van der Waals surface area contributed by atoms with E-state index in [-0.39, 0.29) is 12.4 Å². The molecule has 7 nitrogen and oxygen atoms in total. The highest BCUT2D eigenvalue weighted by atomic mass is 35.5. The fraction of sp³-hybridized carbons (Fsp3) is 0.290. The van der Waals surface area contributed by atoms with Gasteiger partial charge in [0.1, 0.15) is 35.1 Å². The standard InChI is InChI=1S/C31H32ClFN4O3S/c1-38-14-12-37(13-15-39-2)11-10-21-6-8-25-28(17-21)41-31-29(25)30(34-20-35-31)36-24-7-9-27(26(32)18-24)40-19-22-4-3-5-23(33)16-22/h3-9,16-18,20H,10-15,19H2,1-2H3,(H,34,35,36). The second kappa shape index (κ2) is 14.0. The van der Waals surface area contributed by atoms with Crippen molar-refractivity contribution in [3.63, 3.8) is 0 Å². The van der Waals surface area contributed by atoms with Crippen LogP contribution in [-0.2, 0) is 22.5 Å². The largest absolute Gasteiger partial charge is 0.487 e. The zero-order valence-electron chi connectivity index (χ0n) is 23.0. The Morgan fingerprint density at radius 3 is 2.51 bits per heavy atom. The number of anilines is 2. The molecule has 0 unspecified atom stereocenters. The Bertz CT molecular complexity index is 1610. The number of nitrogens with one attached hydrogen (secondary N) is 1. The molecule has 0 amide bonds. The molecule has 0 bridgehead atoms. The SMILES string of the molecule is COCCN(CCOC)CCc1ccc2c(c1)sc1ncnc(Nc3ccc(OCc4cccc(F)c4)c(Cl)c3)c12. The van der Waals surface area contributed by atoms with Gasteiger partial charge in [0.05, 0.1) is 23.6 Å². The van der Waals surface area contributed by atoms with Crippen LogP contribution in [0.25, 0.3) is 20.3 Å². The maximum absolute atomic E-state index is 13.5. The maximum atomic E-state index is 13.5. The van der Waals surface area contributed by atoms with Crippen molar-refractivity contribution in [2.24, 2.45) is 0 Å². The van der Waals surface area contributed by atoms with Crippen LogP contribution in [0, 0.1) is 5.82 Å². The van der Waals surface area contributed by atoms with Gasteiger partial charge < -0.3 is 19.5 Å². The van der Waals surface area contributed by atoms with Gasteiger partial charge in [-0.05, 0) is 53.9 Å². The summed E-state index contributed by atoms with van der Waals surface area (Å²) in [4.78, 5) is 12.4. The number of rotatable bonds is 14. The summed E-state index contributed by atoms with van der Waals surface area (Å²) in [6, 6.07) is 18.4. The van der Waals surface area contributed by atoms with Crippen LogP contribution >= 0.6 is 22.9 Å². The Morgan fingerprint density at radius 2 is 1.76 bits per heavy atom. The molecule has 5 aromatic rings. The Morgan fingerprint density at radius 1 is 0.927 bits per heavy atom. The highest BCUT2D eigenvalue weighted by molar-refractivity contribution is 7.25. The number of ether oxygens (including phenoxy) is 3. The highest BCUT2D eigenvalue weighted by Gasteiger charge is 2.14. The van der Waals surface area contributed by atoms with Crippen molar-refractivity contribution in [3.05, 3.63) is 89.0 Å². The van der Waals surface area contributed by atoms with Gasteiger partial charge in [0.2, 0.25) is 0 Å². The predicted molar refractivity (Wildman–Crippen MR) is 164 cm³/mol. The van der Waals surface area contributed by atoms with Crippen molar-refractivity contribution in [1.82, 2.24) is 14.9 Å². The quantitative estimate of drug-likeness (QED) is 0.147. The van der Waals surface area contributed by atoms with E-state index in [1.165, 1.54) is 22.4 Å². The van der Waals surface area contributed by atoms with E-state index in [1.807, 2.05) is 12.1 Å². The third-order valence-electron chi connectivity index (χ3n) is 6.75. The molecule has 41 heavy (non-hydrogen) atoms. The third kappa shape index (κ3) is 7.49. The lowest BCUT2D eigenvalue weighted by atomic mass is 10.1. The fourth-order valence-electron chi connectivity index (χ4n) is 4.59. The number of fused-ring (bicyclic) bond motifs is 3. The zero-order valence-corrected chi connectivity index (χ0v) is 24.6. The smallest absolute Gasteiger partial charge is 0.143 e. The van der Waals surface area contributed by atoms with Gasteiger partial charge in [-0.3, -0.25) is 4.90 Å². The third-order valence-corrected chi connectivity index (χ3v) is 8.11. The monoisotopic (exact) mass is 594 g/mol. The molecule has 0 aliphatic rings. The average Bonchev–Trinajstić information content (AvgIpc) is 3.35. The molecule has 1 N–H and O–H groups in total. The lowest BCUT2D eigenvalue weighted by Gasteiger charge is -2.21. The van der Waals surface area contributed by atoms with Gasteiger partial charge in [0.15, 0.2) is 0 Å². The van der Waals surface area contributed by atoms with E-state index in [1.54, 1.807) is 50.1 Å². The first-order valence-corrected chi connectivity index (χ1v) is 14.5. The van der Waals surface area contributed by atoms with Crippen molar-refractivity contribution in [3.8, 4) is 5.75 Å². The van der Waals surface area contributed by atoms with Crippen molar-refractivity contribution < 1.29 is 18.6 Å². The summed E-state index contributed by atoms with van der Waals surface area (Å²) in [6.07, 6.45) is 2.50. The second-order valence-corrected chi connectivity index (χ2v) is 11.0. The molecule has 214 valence electrons. The molecular weight excluding hydrogens is 563 g/mol. The van der Waals surface area contributed by atoms with Crippen molar-refractivity contribution >= 4 is 54.7 Å². The van der Waals surface area contributed by atoms with Gasteiger partial charge >= 0.3 is 0 Å². The van der Waals surface area contributed by atoms with E-state index in [2.05, 4.69) is 38.4 Å². The van der Waals surface area contributed by atoms with Gasteiger partial charge in [-0.1, -0.05) is 35.9 Å². The van der Waals surface area contributed by atoms with Crippen molar-refractivity contribution in [2.45, 2.75) is 13.0 Å². The molecule has 0 fully saturated rings. The average molecular weight is 595 g/mol. The minimum absolute atomic E-state index is 0.220. The molecule has 0 atom stereocenters. The summed E-state index contributed by atoms with van der Waals surface area (Å²) in [5.74, 6) is 0.933. The first-order chi connectivity index (χ1) is 20.0. The van der Waals surface area contributed by atoms with Crippen LogP contribution < -0.4 is 10.1 Å². The number of methoxy groups -OCH3 is 2. The van der Waals surface area contributed by atoms with Crippen LogP contribution in [0.1, 0.15) is 11.1 Å². The van der Waals surface area contributed by atoms with Crippen molar-refractivity contribution in [1.29, 1.82) is 0 Å². The van der Waals surface area contributed by atoms with Crippen LogP contribution in [-0.4, -0.2) is 61.9 Å². The molecule has 0 saturated carbocycles. The first kappa shape index (κ1) is 29.2. The number of hydrogen-bond acceptors (Lipinski definition) is 8. The van der Waals surface area contributed by atoms with E-state index >= 15 is 0 Å². The molecule has 0 aliphatic carbocycles. The number of hydrogen-bond donors (Lipinski definition) is 1. The van der Waals surface area contributed by atoms with Crippen LogP contribution in [0.5, 0.6) is 5.75 Å². The van der Waals surface area contributed by atoms with E-state index < -0.39 is 0 Å². The number of halogens is 2. The van der Waals surface area contributed by atoms with E-state index in [0.29, 0.717) is 29.8 Å². The Kier molecular flexibility index (Phi) is 9.97. The molecular formula is C31H32ClFN4O3S. The predicted octanol–water partition coefficient (Wildman–Crippen LogP) is 7.10. The normalized spacial score (nSPS) is 11.5. The lowest BCUT2D eigenvalue weighted by Crippen LogP contribution is -2.32. The minimum atomic E-state index is -0.298. The molecule has 2 aromatic heterocycles. The van der Waals surface area contributed by atoms with Crippen LogP contribution in [0.3, 0.4) is 0 Å². The Labute approximate surface area is 247 Å². The number of aromatic nitrogens is 2. The number of benzene rings is 3.